The minimum absolute atomic E-state index is 0.0966. The van der Waals surface area contributed by atoms with Crippen LogP contribution < -0.4 is 5.73 Å². The van der Waals surface area contributed by atoms with Gasteiger partial charge in [0.05, 0.1) is 5.25 Å². The van der Waals surface area contributed by atoms with Crippen LogP contribution in [0.3, 0.4) is 0 Å². The van der Waals surface area contributed by atoms with Gasteiger partial charge in [-0.2, -0.15) is 12.6 Å². The van der Waals surface area contributed by atoms with Crippen LogP contribution in [0.5, 0.6) is 0 Å². The Morgan fingerprint density at radius 3 is 2.65 bits per heavy atom. The lowest BCUT2D eigenvalue weighted by Gasteiger charge is -2.35. The van der Waals surface area contributed by atoms with Crippen molar-refractivity contribution in [2.75, 3.05) is 6.54 Å². The lowest BCUT2D eigenvalue weighted by atomic mass is 10.00. The maximum atomic E-state index is 12.5. The van der Waals surface area contributed by atoms with Crippen LogP contribution in [0.1, 0.15) is 24.8 Å². The Kier molecular flexibility index (Phi) is 5.06. The van der Waals surface area contributed by atoms with E-state index in [0.29, 0.717) is 19.4 Å². The van der Waals surface area contributed by atoms with Gasteiger partial charge in [-0.05, 0) is 31.2 Å². The molecule has 2 N–H and O–H groups in total. The summed E-state index contributed by atoms with van der Waals surface area (Å²) in [6.07, 6.45) is 3.08. The van der Waals surface area contributed by atoms with E-state index >= 15 is 0 Å². The smallest absolute Gasteiger partial charge is 0.240 e. The average molecular weight is 292 g/mol. The molecule has 1 saturated heterocycles. The first-order valence-corrected chi connectivity index (χ1v) is 7.43. The van der Waals surface area contributed by atoms with Crippen LogP contribution >= 0.6 is 12.6 Å². The highest BCUT2D eigenvalue weighted by Crippen LogP contribution is 2.20. The molecule has 0 aliphatic carbocycles. The number of carbonyl (C=O) groups excluding carboxylic acids is 2. The van der Waals surface area contributed by atoms with Crippen molar-refractivity contribution >= 4 is 24.4 Å². The van der Waals surface area contributed by atoms with Gasteiger partial charge in [-0.1, -0.05) is 30.3 Å². The van der Waals surface area contributed by atoms with Gasteiger partial charge in [-0.25, -0.2) is 0 Å². The largest absolute Gasteiger partial charge is 0.368 e. The van der Waals surface area contributed by atoms with E-state index in [4.69, 9.17) is 5.73 Å². The molecule has 1 heterocycles. The van der Waals surface area contributed by atoms with E-state index in [9.17, 15) is 9.59 Å². The van der Waals surface area contributed by atoms with E-state index in [1.807, 2.05) is 30.3 Å². The third-order valence-electron chi connectivity index (χ3n) is 3.67. The number of likely N-dealkylation sites (tertiary alicyclic amines) is 1. The molecule has 2 amide bonds. The van der Waals surface area contributed by atoms with Crippen LogP contribution in [-0.4, -0.2) is 34.6 Å². The molecule has 0 saturated carbocycles. The summed E-state index contributed by atoms with van der Waals surface area (Å²) in [6, 6.07) is 9.28. The minimum atomic E-state index is -0.471. The lowest BCUT2D eigenvalue weighted by molar-refractivity contribution is -0.140. The summed E-state index contributed by atoms with van der Waals surface area (Å²) in [5.41, 5.74) is 6.45. The molecule has 0 radical (unpaired) electrons. The maximum absolute atomic E-state index is 12.5. The summed E-state index contributed by atoms with van der Waals surface area (Å²) in [6.45, 7) is 0.596. The second-order valence-electron chi connectivity index (χ2n) is 5.15. The molecule has 1 fully saturated rings. The number of nitrogens with two attached hydrogens (primary N) is 1. The summed E-state index contributed by atoms with van der Waals surface area (Å²) in [5, 5.41) is -0.433. The number of benzene rings is 1. The van der Waals surface area contributed by atoms with Gasteiger partial charge in [0.2, 0.25) is 11.8 Å². The summed E-state index contributed by atoms with van der Waals surface area (Å²) in [7, 11) is 0. The third-order valence-corrected chi connectivity index (χ3v) is 4.07. The number of piperidine rings is 1. The molecule has 1 aliphatic heterocycles. The first-order chi connectivity index (χ1) is 9.59. The van der Waals surface area contributed by atoms with Gasteiger partial charge < -0.3 is 10.6 Å². The Balaban J connectivity index is 2.03. The molecule has 2 atom stereocenters. The van der Waals surface area contributed by atoms with Crippen molar-refractivity contribution in [1.29, 1.82) is 0 Å². The molecule has 2 unspecified atom stereocenters. The molecule has 5 heteroatoms. The van der Waals surface area contributed by atoms with Crippen molar-refractivity contribution in [2.24, 2.45) is 5.73 Å². The summed E-state index contributed by atoms with van der Waals surface area (Å²) in [5.74, 6) is -0.515. The first kappa shape index (κ1) is 14.9. The lowest BCUT2D eigenvalue weighted by Crippen LogP contribution is -2.52. The van der Waals surface area contributed by atoms with Crippen molar-refractivity contribution in [3.8, 4) is 0 Å². The Morgan fingerprint density at radius 2 is 2.00 bits per heavy atom. The van der Waals surface area contributed by atoms with Crippen LogP contribution in [0.4, 0.5) is 0 Å². The number of thiol groups is 1. The molecule has 4 nitrogen and oxygen atoms in total. The number of rotatable bonds is 4. The van der Waals surface area contributed by atoms with E-state index in [0.717, 1.165) is 18.4 Å². The predicted molar refractivity (Wildman–Crippen MR) is 81.5 cm³/mol. The standard InChI is InChI=1S/C15H20N2O2S/c16-14(18)12-8-4-5-9-17(12)15(19)13(20)10-11-6-2-1-3-7-11/h1-3,6-7,12-13,20H,4-5,8-10H2,(H2,16,18). The highest BCUT2D eigenvalue weighted by Gasteiger charge is 2.33. The second kappa shape index (κ2) is 6.79. The Morgan fingerprint density at radius 1 is 1.30 bits per heavy atom. The zero-order chi connectivity index (χ0) is 14.5. The van der Waals surface area contributed by atoms with Gasteiger partial charge in [0.1, 0.15) is 6.04 Å². The zero-order valence-corrected chi connectivity index (χ0v) is 12.3. The number of carbonyl (C=O) groups is 2. The fourth-order valence-electron chi connectivity index (χ4n) is 2.61. The third kappa shape index (κ3) is 3.54. The fraction of sp³-hybridized carbons (Fsp3) is 0.467. The normalized spacial score (nSPS) is 20.4. The highest BCUT2D eigenvalue weighted by molar-refractivity contribution is 7.81. The first-order valence-electron chi connectivity index (χ1n) is 6.91. The molecular weight excluding hydrogens is 272 g/mol. The molecule has 20 heavy (non-hydrogen) atoms. The van der Waals surface area contributed by atoms with E-state index in [-0.39, 0.29) is 5.91 Å². The number of hydrogen-bond acceptors (Lipinski definition) is 3. The average Bonchev–Trinajstić information content (AvgIpc) is 2.47. The zero-order valence-electron chi connectivity index (χ0n) is 11.4. The van der Waals surface area contributed by atoms with Crippen LogP contribution in [0.15, 0.2) is 30.3 Å². The Bertz CT molecular complexity index is 478. The van der Waals surface area contributed by atoms with Crippen molar-refractivity contribution in [2.45, 2.75) is 37.0 Å². The molecule has 1 aromatic carbocycles. The van der Waals surface area contributed by atoms with Crippen molar-refractivity contribution in [3.63, 3.8) is 0 Å². The van der Waals surface area contributed by atoms with Gasteiger partial charge in [0, 0.05) is 6.54 Å². The van der Waals surface area contributed by atoms with E-state index in [1.165, 1.54) is 0 Å². The van der Waals surface area contributed by atoms with Gasteiger partial charge in [0.25, 0.3) is 0 Å². The van der Waals surface area contributed by atoms with Gasteiger partial charge >= 0.3 is 0 Å². The topological polar surface area (TPSA) is 63.4 Å². The summed E-state index contributed by atoms with van der Waals surface area (Å²) < 4.78 is 0. The van der Waals surface area contributed by atoms with Crippen molar-refractivity contribution in [3.05, 3.63) is 35.9 Å². The van der Waals surface area contributed by atoms with Gasteiger partial charge in [-0.15, -0.1) is 0 Å². The van der Waals surface area contributed by atoms with Crippen molar-refractivity contribution in [1.82, 2.24) is 4.90 Å². The monoisotopic (exact) mass is 292 g/mol. The Labute approximate surface area is 124 Å². The van der Waals surface area contributed by atoms with Crippen LogP contribution in [0.25, 0.3) is 0 Å². The predicted octanol–water partition coefficient (Wildman–Crippen LogP) is 1.39. The van der Waals surface area contributed by atoms with Gasteiger partial charge in [0.15, 0.2) is 0 Å². The molecule has 0 bridgehead atoms. The number of hydrogen-bond donors (Lipinski definition) is 2. The summed E-state index contributed by atoms with van der Waals surface area (Å²) in [4.78, 5) is 25.5. The molecule has 0 aromatic heterocycles. The molecular formula is C15H20N2O2S. The molecule has 1 aliphatic rings. The fourth-order valence-corrected chi connectivity index (χ4v) is 2.97. The van der Waals surface area contributed by atoms with Crippen LogP contribution in [0.2, 0.25) is 0 Å². The number of amides is 2. The number of nitrogens with zero attached hydrogens (tertiary/aromatic N) is 1. The maximum Gasteiger partial charge on any atom is 0.240 e. The van der Waals surface area contributed by atoms with Gasteiger partial charge in [-0.3, -0.25) is 9.59 Å². The van der Waals surface area contributed by atoms with E-state index < -0.39 is 17.2 Å². The van der Waals surface area contributed by atoms with E-state index in [1.54, 1.807) is 4.90 Å². The van der Waals surface area contributed by atoms with Crippen LogP contribution in [0, 0.1) is 0 Å². The van der Waals surface area contributed by atoms with E-state index in [2.05, 4.69) is 12.6 Å². The minimum Gasteiger partial charge on any atom is -0.368 e. The second-order valence-corrected chi connectivity index (χ2v) is 5.77. The Hall–Kier alpha value is -1.49. The van der Waals surface area contributed by atoms with Crippen molar-refractivity contribution < 1.29 is 9.59 Å². The summed E-state index contributed by atoms with van der Waals surface area (Å²) >= 11 is 4.41. The molecule has 2 rings (SSSR count). The molecule has 108 valence electrons. The highest BCUT2D eigenvalue weighted by atomic mass is 32.1. The quantitative estimate of drug-likeness (QED) is 0.824. The number of primary amides is 1. The molecule has 0 spiro atoms. The van der Waals surface area contributed by atoms with Crippen LogP contribution in [-0.2, 0) is 16.0 Å². The SMILES string of the molecule is NC(=O)C1CCCCN1C(=O)C(S)Cc1ccccc1. The molecule has 1 aromatic rings.